The first-order valence-electron chi connectivity index (χ1n) is 7.47. The van der Waals surface area contributed by atoms with Gasteiger partial charge in [0.15, 0.2) is 5.76 Å². The molecule has 1 N–H and O–H groups in total. The fraction of sp³-hybridized carbons (Fsp3) is 0.0556. The molecule has 0 aliphatic carbocycles. The van der Waals surface area contributed by atoms with Gasteiger partial charge >= 0.3 is 0 Å². The Labute approximate surface area is 137 Å². The molecule has 4 rings (SSSR count). The van der Waals surface area contributed by atoms with Crippen molar-refractivity contribution >= 4 is 22.6 Å². The molecular formula is C18H14N4O2. The summed E-state index contributed by atoms with van der Waals surface area (Å²) in [5, 5.41) is 3.68. The van der Waals surface area contributed by atoms with Crippen molar-refractivity contribution in [3.8, 4) is 5.82 Å². The Morgan fingerprint density at radius 2 is 2.04 bits per heavy atom. The summed E-state index contributed by atoms with van der Waals surface area (Å²) in [6, 6.07) is 12.8. The molecule has 0 aliphatic heterocycles. The van der Waals surface area contributed by atoms with Crippen molar-refractivity contribution in [2.24, 2.45) is 0 Å². The number of hydrogen-bond donors (Lipinski definition) is 1. The second-order valence-electron chi connectivity index (χ2n) is 5.35. The summed E-state index contributed by atoms with van der Waals surface area (Å²) in [7, 11) is 0. The predicted octanol–water partition coefficient (Wildman–Crippen LogP) is 3.57. The monoisotopic (exact) mass is 318 g/mol. The molecule has 3 aromatic heterocycles. The zero-order valence-electron chi connectivity index (χ0n) is 12.9. The van der Waals surface area contributed by atoms with Crippen molar-refractivity contribution in [3.63, 3.8) is 0 Å². The molecule has 24 heavy (non-hydrogen) atoms. The number of para-hydroxylation sites is 1. The Kier molecular flexibility index (Phi) is 3.35. The highest BCUT2D eigenvalue weighted by Crippen LogP contribution is 2.20. The molecule has 118 valence electrons. The van der Waals surface area contributed by atoms with Gasteiger partial charge < -0.3 is 9.73 Å². The molecule has 6 heteroatoms. The molecule has 0 radical (unpaired) electrons. The molecule has 0 unspecified atom stereocenters. The lowest BCUT2D eigenvalue weighted by atomic mass is 10.2. The fourth-order valence-electron chi connectivity index (χ4n) is 2.51. The fourth-order valence-corrected chi connectivity index (χ4v) is 2.51. The van der Waals surface area contributed by atoms with Crippen LogP contribution in [0.4, 0.5) is 5.69 Å². The van der Waals surface area contributed by atoms with Crippen LogP contribution >= 0.6 is 0 Å². The molecular weight excluding hydrogens is 304 g/mol. The molecule has 0 atom stereocenters. The highest BCUT2D eigenvalue weighted by molar-refractivity contribution is 6.04. The number of anilines is 1. The van der Waals surface area contributed by atoms with Crippen LogP contribution in [0.3, 0.4) is 0 Å². The van der Waals surface area contributed by atoms with Crippen LogP contribution in [-0.4, -0.2) is 20.4 Å². The standard InChI is InChI=1S/C18H14N4O2/c1-12-19-8-9-22(12)17-7-6-14(11-20-17)21-18(23)16-10-13-4-2-3-5-15(13)24-16/h2-11H,1H3,(H,21,23). The van der Waals surface area contributed by atoms with Crippen LogP contribution in [0, 0.1) is 6.92 Å². The largest absolute Gasteiger partial charge is 0.451 e. The lowest BCUT2D eigenvalue weighted by molar-refractivity contribution is 0.0998. The van der Waals surface area contributed by atoms with Gasteiger partial charge in [0.05, 0.1) is 11.9 Å². The molecule has 3 heterocycles. The highest BCUT2D eigenvalue weighted by atomic mass is 16.3. The number of benzene rings is 1. The third-order valence-corrected chi connectivity index (χ3v) is 3.73. The van der Waals surface area contributed by atoms with Crippen LogP contribution in [-0.2, 0) is 0 Å². The number of fused-ring (bicyclic) bond motifs is 1. The highest BCUT2D eigenvalue weighted by Gasteiger charge is 2.12. The minimum Gasteiger partial charge on any atom is -0.451 e. The van der Waals surface area contributed by atoms with Crippen LogP contribution in [0.25, 0.3) is 16.8 Å². The Morgan fingerprint density at radius 1 is 1.17 bits per heavy atom. The van der Waals surface area contributed by atoms with Gasteiger partial charge in [-0.3, -0.25) is 9.36 Å². The molecule has 1 amide bonds. The van der Waals surface area contributed by atoms with Crippen LogP contribution in [0.5, 0.6) is 0 Å². The Bertz CT molecular complexity index is 982. The van der Waals surface area contributed by atoms with Crippen LogP contribution in [0.2, 0.25) is 0 Å². The van der Waals surface area contributed by atoms with Gasteiger partial charge in [-0.15, -0.1) is 0 Å². The molecule has 0 aliphatic rings. The van der Waals surface area contributed by atoms with E-state index in [0.717, 1.165) is 17.0 Å². The number of rotatable bonds is 3. The lowest BCUT2D eigenvalue weighted by Crippen LogP contribution is -2.11. The number of nitrogens with one attached hydrogen (secondary N) is 1. The summed E-state index contributed by atoms with van der Waals surface area (Å²) in [5.74, 6) is 1.55. The van der Waals surface area contributed by atoms with E-state index in [1.807, 2.05) is 48.0 Å². The summed E-state index contributed by atoms with van der Waals surface area (Å²) in [6.07, 6.45) is 5.16. The maximum atomic E-state index is 12.3. The molecule has 1 aromatic carbocycles. The van der Waals surface area contributed by atoms with Gasteiger partial charge in [0.1, 0.15) is 17.2 Å². The maximum Gasteiger partial charge on any atom is 0.291 e. The zero-order valence-corrected chi connectivity index (χ0v) is 12.9. The number of aryl methyl sites for hydroxylation is 1. The average molecular weight is 318 g/mol. The van der Waals surface area contributed by atoms with E-state index in [4.69, 9.17) is 4.42 Å². The van der Waals surface area contributed by atoms with Crippen molar-refractivity contribution < 1.29 is 9.21 Å². The third kappa shape index (κ3) is 2.54. The normalized spacial score (nSPS) is 10.9. The number of pyridine rings is 1. The van der Waals surface area contributed by atoms with E-state index in [0.29, 0.717) is 11.3 Å². The van der Waals surface area contributed by atoms with E-state index in [-0.39, 0.29) is 11.7 Å². The third-order valence-electron chi connectivity index (χ3n) is 3.73. The summed E-state index contributed by atoms with van der Waals surface area (Å²) in [6.45, 7) is 1.90. The quantitative estimate of drug-likeness (QED) is 0.626. The molecule has 0 saturated heterocycles. The number of imidazole rings is 1. The van der Waals surface area contributed by atoms with E-state index >= 15 is 0 Å². The molecule has 0 fully saturated rings. The first-order chi connectivity index (χ1) is 11.7. The van der Waals surface area contributed by atoms with Crippen LogP contribution < -0.4 is 5.32 Å². The van der Waals surface area contributed by atoms with Crippen molar-refractivity contribution in [1.29, 1.82) is 0 Å². The van der Waals surface area contributed by atoms with Gasteiger partial charge in [-0.25, -0.2) is 9.97 Å². The number of nitrogens with zero attached hydrogens (tertiary/aromatic N) is 3. The van der Waals surface area contributed by atoms with E-state index in [1.165, 1.54) is 0 Å². The van der Waals surface area contributed by atoms with E-state index in [2.05, 4.69) is 15.3 Å². The Hall–Kier alpha value is -3.41. The number of furan rings is 1. The minimum atomic E-state index is -0.306. The van der Waals surface area contributed by atoms with Crippen LogP contribution in [0.1, 0.15) is 16.4 Å². The van der Waals surface area contributed by atoms with Gasteiger partial charge in [0.2, 0.25) is 0 Å². The Balaban J connectivity index is 1.54. The van der Waals surface area contributed by atoms with Crippen molar-refractivity contribution in [3.05, 3.63) is 72.6 Å². The van der Waals surface area contributed by atoms with E-state index in [9.17, 15) is 4.79 Å². The van der Waals surface area contributed by atoms with E-state index < -0.39 is 0 Å². The number of carbonyl (C=O) groups excluding carboxylic acids is 1. The second kappa shape index (κ2) is 5.66. The SMILES string of the molecule is Cc1nccn1-c1ccc(NC(=O)c2cc3ccccc3o2)cn1. The topological polar surface area (TPSA) is 73.0 Å². The first-order valence-corrected chi connectivity index (χ1v) is 7.47. The summed E-state index contributed by atoms with van der Waals surface area (Å²) >= 11 is 0. The minimum absolute atomic E-state index is 0.269. The van der Waals surface area contributed by atoms with Crippen molar-refractivity contribution in [1.82, 2.24) is 14.5 Å². The van der Waals surface area contributed by atoms with E-state index in [1.54, 1.807) is 24.5 Å². The van der Waals surface area contributed by atoms with Crippen LogP contribution in [0.15, 0.2) is 65.5 Å². The zero-order chi connectivity index (χ0) is 16.5. The number of hydrogen-bond acceptors (Lipinski definition) is 4. The van der Waals surface area contributed by atoms with Gasteiger partial charge in [0.25, 0.3) is 5.91 Å². The predicted molar refractivity (Wildman–Crippen MR) is 90.3 cm³/mol. The average Bonchev–Trinajstić information content (AvgIpc) is 3.21. The number of amides is 1. The van der Waals surface area contributed by atoms with Gasteiger partial charge in [-0.1, -0.05) is 18.2 Å². The lowest BCUT2D eigenvalue weighted by Gasteiger charge is -2.06. The number of aromatic nitrogens is 3. The maximum absolute atomic E-state index is 12.3. The smallest absolute Gasteiger partial charge is 0.291 e. The first kappa shape index (κ1) is 14.2. The molecule has 4 aromatic rings. The molecule has 0 spiro atoms. The summed E-state index contributed by atoms with van der Waals surface area (Å²) < 4.78 is 7.42. The van der Waals surface area contributed by atoms with Gasteiger partial charge in [-0.2, -0.15) is 0 Å². The summed E-state index contributed by atoms with van der Waals surface area (Å²) in [4.78, 5) is 20.8. The molecule has 6 nitrogen and oxygen atoms in total. The van der Waals surface area contributed by atoms with Gasteiger partial charge in [0, 0.05) is 17.8 Å². The van der Waals surface area contributed by atoms with Gasteiger partial charge in [-0.05, 0) is 31.2 Å². The molecule has 0 saturated carbocycles. The summed E-state index contributed by atoms with van der Waals surface area (Å²) in [5.41, 5.74) is 1.29. The number of carbonyl (C=O) groups is 1. The Morgan fingerprint density at radius 3 is 2.75 bits per heavy atom. The molecule has 0 bridgehead atoms. The van der Waals surface area contributed by atoms with Crippen molar-refractivity contribution in [2.45, 2.75) is 6.92 Å². The second-order valence-corrected chi connectivity index (χ2v) is 5.35. The van der Waals surface area contributed by atoms with Crippen molar-refractivity contribution in [2.75, 3.05) is 5.32 Å².